The van der Waals surface area contributed by atoms with Gasteiger partial charge in [-0.2, -0.15) is 12.6 Å². The van der Waals surface area contributed by atoms with Crippen molar-refractivity contribution in [1.82, 2.24) is 0 Å². The second-order valence-corrected chi connectivity index (χ2v) is 4.08. The van der Waals surface area contributed by atoms with Crippen LogP contribution < -0.4 is 0 Å². The molecule has 0 rings (SSSR count). The molecule has 0 saturated carbocycles. The fourth-order valence-corrected chi connectivity index (χ4v) is 1.86. The SMILES string of the molecule is CCC(CC)(CS)COCCCOC. The molecule has 0 amide bonds. The van der Waals surface area contributed by atoms with Crippen LogP contribution in [0.5, 0.6) is 0 Å². The summed E-state index contributed by atoms with van der Waals surface area (Å²) in [4.78, 5) is 0. The van der Waals surface area contributed by atoms with E-state index < -0.39 is 0 Å². The molecule has 0 spiro atoms. The molecule has 2 nitrogen and oxygen atoms in total. The number of methoxy groups -OCH3 is 1. The van der Waals surface area contributed by atoms with Crippen LogP contribution in [0.2, 0.25) is 0 Å². The standard InChI is InChI=1S/C11H24O2S/c1-4-11(5-2,10-14)9-13-8-6-7-12-3/h14H,4-10H2,1-3H3. The van der Waals surface area contributed by atoms with Gasteiger partial charge in [-0.15, -0.1) is 0 Å². The zero-order valence-electron chi connectivity index (χ0n) is 9.71. The van der Waals surface area contributed by atoms with Crippen LogP contribution in [0, 0.1) is 5.41 Å². The lowest BCUT2D eigenvalue weighted by Crippen LogP contribution is -2.27. The van der Waals surface area contributed by atoms with Crippen molar-refractivity contribution < 1.29 is 9.47 Å². The van der Waals surface area contributed by atoms with Crippen LogP contribution >= 0.6 is 12.6 Å². The number of thiol groups is 1. The van der Waals surface area contributed by atoms with E-state index >= 15 is 0 Å². The molecule has 0 heterocycles. The summed E-state index contributed by atoms with van der Waals surface area (Å²) >= 11 is 4.40. The third-order valence-electron chi connectivity index (χ3n) is 2.88. The molecule has 86 valence electrons. The van der Waals surface area contributed by atoms with E-state index in [0.717, 1.165) is 44.8 Å². The van der Waals surface area contributed by atoms with Gasteiger partial charge in [-0.1, -0.05) is 13.8 Å². The molecule has 14 heavy (non-hydrogen) atoms. The third-order valence-corrected chi connectivity index (χ3v) is 3.55. The summed E-state index contributed by atoms with van der Waals surface area (Å²) in [5.41, 5.74) is 0.274. The maximum Gasteiger partial charge on any atom is 0.0530 e. The molecule has 0 N–H and O–H groups in total. The molecular formula is C11H24O2S. The van der Waals surface area contributed by atoms with Crippen molar-refractivity contribution in [2.45, 2.75) is 33.1 Å². The summed E-state index contributed by atoms with van der Waals surface area (Å²) in [6.45, 7) is 6.82. The Kier molecular flexibility index (Phi) is 8.73. The minimum absolute atomic E-state index is 0.274. The Hall–Kier alpha value is 0.270. The first-order chi connectivity index (χ1) is 6.74. The lowest BCUT2D eigenvalue weighted by molar-refractivity contribution is 0.0399. The highest BCUT2D eigenvalue weighted by Gasteiger charge is 2.24. The monoisotopic (exact) mass is 220 g/mol. The largest absolute Gasteiger partial charge is 0.385 e. The fourth-order valence-electron chi connectivity index (χ4n) is 1.32. The van der Waals surface area contributed by atoms with Crippen LogP contribution in [0.15, 0.2) is 0 Å². The summed E-state index contributed by atoms with van der Waals surface area (Å²) in [6, 6.07) is 0. The predicted octanol–water partition coefficient (Wildman–Crippen LogP) is 2.78. The first-order valence-electron chi connectivity index (χ1n) is 5.42. The molecular weight excluding hydrogens is 196 g/mol. The average molecular weight is 220 g/mol. The van der Waals surface area contributed by atoms with E-state index in [0.29, 0.717) is 0 Å². The maximum absolute atomic E-state index is 5.64. The Morgan fingerprint density at radius 3 is 2.21 bits per heavy atom. The van der Waals surface area contributed by atoms with Gasteiger partial charge in [0.1, 0.15) is 0 Å². The third kappa shape index (κ3) is 5.23. The molecule has 0 aromatic heterocycles. The summed E-state index contributed by atoms with van der Waals surface area (Å²) in [7, 11) is 1.72. The molecule has 0 atom stereocenters. The van der Waals surface area contributed by atoms with Crippen molar-refractivity contribution in [3.63, 3.8) is 0 Å². The molecule has 0 unspecified atom stereocenters. The Balaban J connectivity index is 3.61. The Morgan fingerprint density at radius 1 is 1.14 bits per heavy atom. The predicted molar refractivity (Wildman–Crippen MR) is 64.2 cm³/mol. The minimum Gasteiger partial charge on any atom is -0.385 e. The fraction of sp³-hybridized carbons (Fsp3) is 1.00. The van der Waals surface area contributed by atoms with Crippen LogP contribution in [0.4, 0.5) is 0 Å². The van der Waals surface area contributed by atoms with Crippen LogP contribution in [0.25, 0.3) is 0 Å². The quantitative estimate of drug-likeness (QED) is 0.476. The van der Waals surface area contributed by atoms with Gasteiger partial charge in [0.2, 0.25) is 0 Å². The first kappa shape index (κ1) is 14.3. The van der Waals surface area contributed by atoms with Crippen molar-refractivity contribution in [1.29, 1.82) is 0 Å². The zero-order chi connectivity index (χ0) is 10.9. The van der Waals surface area contributed by atoms with Crippen LogP contribution in [-0.4, -0.2) is 32.7 Å². The summed E-state index contributed by atoms with van der Waals surface area (Å²) in [5, 5.41) is 0. The van der Waals surface area contributed by atoms with E-state index in [4.69, 9.17) is 9.47 Å². The van der Waals surface area contributed by atoms with Crippen molar-refractivity contribution in [3.05, 3.63) is 0 Å². The lowest BCUT2D eigenvalue weighted by atomic mass is 9.85. The van der Waals surface area contributed by atoms with E-state index in [1.165, 1.54) is 0 Å². The van der Waals surface area contributed by atoms with Gasteiger partial charge in [0, 0.05) is 25.7 Å². The van der Waals surface area contributed by atoms with Gasteiger partial charge in [-0.25, -0.2) is 0 Å². The van der Waals surface area contributed by atoms with E-state index in [2.05, 4.69) is 26.5 Å². The number of rotatable bonds is 9. The minimum atomic E-state index is 0.274. The Bertz CT molecular complexity index is 116. The van der Waals surface area contributed by atoms with E-state index in [1.54, 1.807) is 7.11 Å². The smallest absolute Gasteiger partial charge is 0.0530 e. The van der Waals surface area contributed by atoms with Crippen molar-refractivity contribution >= 4 is 12.6 Å². The van der Waals surface area contributed by atoms with Crippen LogP contribution in [0.3, 0.4) is 0 Å². The zero-order valence-corrected chi connectivity index (χ0v) is 10.6. The lowest BCUT2D eigenvalue weighted by Gasteiger charge is -2.29. The second kappa shape index (κ2) is 8.57. The van der Waals surface area contributed by atoms with Crippen LogP contribution in [0.1, 0.15) is 33.1 Å². The number of hydrogen-bond acceptors (Lipinski definition) is 3. The Labute approximate surface area is 93.8 Å². The average Bonchev–Trinajstić information content (AvgIpc) is 2.24. The maximum atomic E-state index is 5.64. The molecule has 0 aliphatic heterocycles. The van der Waals surface area contributed by atoms with Crippen molar-refractivity contribution in [3.8, 4) is 0 Å². The highest BCUT2D eigenvalue weighted by atomic mass is 32.1. The summed E-state index contributed by atoms with van der Waals surface area (Å²) in [5.74, 6) is 0.907. The summed E-state index contributed by atoms with van der Waals surface area (Å²) in [6.07, 6.45) is 3.25. The van der Waals surface area contributed by atoms with Crippen molar-refractivity contribution in [2.75, 3.05) is 32.7 Å². The summed E-state index contributed by atoms with van der Waals surface area (Å²) < 4.78 is 10.6. The van der Waals surface area contributed by atoms with Gasteiger partial charge in [0.15, 0.2) is 0 Å². The normalized spacial score (nSPS) is 12.0. The number of ether oxygens (including phenoxy) is 2. The van der Waals surface area contributed by atoms with Gasteiger partial charge >= 0.3 is 0 Å². The van der Waals surface area contributed by atoms with E-state index in [-0.39, 0.29) is 5.41 Å². The number of hydrogen-bond donors (Lipinski definition) is 1. The molecule has 0 saturated heterocycles. The molecule has 3 heteroatoms. The highest BCUT2D eigenvalue weighted by Crippen LogP contribution is 2.27. The molecule has 0 bridgehead atoms. The topological polar surface area (TPSA) is 18.5 Å². The molecule has 0 aromatic rings. The first-order valence-corrected chi connectivity index (χ1v) is 6.05. The van der Waals surface area contributed by atoms with E-state index in [9.17, 15) is 0 Å². The molecule has 0 fully saturated rings. The van der Waals surface area contributed by atoms with E-state index in [1.807, 2.05) is 0 Å². The Morgan fingerprint density at radius 2 is 1.79 bits per heavy atom. The molecule has 0 aromatic carbocycles. The molecule has 0 radical (unpaired) electrons. The molecule has 0 aliphatic carbocycles. The van der Waals surface area contributed by atoms with Gasteiger partial charge < -0.3 is 9.47 Å². The van der Waals surface area contributed by atoms with Gasteiger partial charge in [-0.3, -0.25) is 0 Å². The second-order valence-electron chi connectivity index (χ2n) is 3.76. The van der Waals surface area contributed by atoms with Gasteiger partial charge in [0.05, 0.1) is 6.61 Å². The van der Waals surface area contributed by atoms with Gasteiger partial charge in [-0.05, 0) is 25.0 Å². The van der Waals surface area contributed by atoms with Gasteiger partial charge in [0.25, 0.3) is 0 Å². The van der Waals surface area contributed by atoms with Crippen molar-refractivity contribution in [2.24, 2.45) is 5.41 Å². The highest BCUT2D eigenvalue weighted by molar-refractivity contribution is 7.80. The molecule has 0 aliphatic rings. The van der Waals surface area contributed by atoms with Crippen LogP contribution in [-0.2, 0) is 9.47 Å².